The minimum atomic E-state index is 0. The molecule has 0 radical (unpaired) electrons. The van der Waals surface area contributed by atoms with Crippen LogP contribution >= 0.6 is 12.4 Å². The van der Waals surface area contributed by atoms with Gasteiger partial charge in [0.1, 0.15) is 0 Å². The van der Waals surface area contributed by atoms with Crippen LogP contribution in [0.25, 0.3) is 0 Å². The monoisotopic (exact) mass is 296 g/mol. The van der Waals surface area contributed by atoms with Gasteiger partial charge in [-0.1, -0.05) is 31.0 Å². The number of para-hydroxylation sites is 1. The minimum absolute atomic E-state index is 0. The molecule has 0 saturated heterocycles. The molecule has 1 saturated carbocycles. The molecule has 0 aliphatic heterocycles. The molecule has 1 aromatic rings. The lowest BCUT2D eigenvalue weighted by Gasteiger charge is -2.21. The topological polar surface area (TPSA) is 46.3 Å². The zero-order chi connectivity index (χ0) is 13.7. The second kappa shape index (κ2) is 8.15. The maximum atomic E-state index is 12.1. The number of aryl methyl sites for hydroxylation is 1. The number of hydrogen-bond donors (Lipinski definition) is 1. The number of rotatable bonds is 5. The van der Waals surface area contributed by atoms with E-state index in [0.717, 1.165) is 30.1 Å². The zero-order valence-electron chi connectivity index (χ0n) is 12.2. The van der Waals surface area contributed by atoms with Crippen LogP contribution in [0.15, 0.2) is 24.3 Å². The van der Waals surface area contributed by atoms with Crippen molar-refractivity contribution in [2.75, 3.05) is 19.3 Å². The van der Waals surface area contributed by atoms with Crippen molar-refractivity contribution in [1.29, 1.82) is 0 Å². The maximum Gasteiger partial charge on any atom is 0.222 e. The number of carbonyl (C=O) groups is 1. The first-order chi connectivity index (χ1) is 9.16. The van der Waals surface area contributed by atoms with Gasteiger partial charge in [0.05, 0.1) is 0 Å². The standard InChI is InChI=1S/C16H24N2O.ClH/c1-18(12-13-6-2-3-7-13)16(19)11-10-14-8-4-5-9-15(14)17;/h4-5,8-9,13H,2-3,6-7,10-12,17H2,1H3;1H. The molecule has 4 heteroatoms. The second-order valence-electron chi connectivity index (χ2n) is 5.62. The highest BCUT2D eigenvalue weighted by molar-refractivity contribution is 5.85. The Labute approximate surface area is 127 Å². The number of halogens is 1. The number of nitrogens with two attached hydrogens (primary N) is 1. The van der Waals surface area contributed by atoms with Crippen LogP contribution in [0.4, 0.5) is 5.69 Å². The van der Waals surface area contributed by atoms with E-state index in [0.29, 0.717) is 6.42 Å². The van der Waals surface area contributed by atoms with E-state index >= 15 is 0 Å². The summed E-state index contributed by atoms with van der Waals surface area (Å²) in [7, 11) is 1.93. The van der Waals surface area contributed by atoms with Crippen molar-refractivity contribution in [2.24, 2.45) is 5.92 Å². The Bertz CT molecular complexity index is 430. The van der Waals surface area contributed by atoms with Gasteiger partial charge in [0.25, 0.3) is 0 Å². The Balaban J connectivity index is 0.00000200. The smallest absolute Gasteiger partial charge is 0.222 e. The average Bonchev–Trinajstić information content (AvgIpc) is 2.90. The minimum Gasteiger partial charge on any atom is -0.399 e. The van der Waals surface area contributed by atoms with Crippen molar-refractivity contribution >= 4 is 24.0 Å². The summed E-state index contributed by atoms with van der Waals surface area (Å²) in [4.78, 5) is 14.0. The van der Waals surface area contributed by atoms with Gasteiger partial charge in [-0.15, -0.1) is 12.4 Å². The third-order valence-electron chi connectivity index (χ3n) is 4.10. The molecule has 112 valence electrons. The van der Waals surface area contributed by atoms with Crippen LogP contribution < -0.4 is 5.73 Å². The molecule has 1 aromatic carbocycles. The average molecular weight is 297 g/mol. The largest absolute Gasteiger partial charge is 0.399 e. The van der Waals surface area contributed by atoms with Crippen LogP contribution in [-0.2, 0) is 11.2 Å². The summed E-state index contributed by atoms with van der Waals surface area (Å²) in [5.74, 6) is 0.950. The van der Waals surface area contributed by atoms with Crippen LogP contribution in [0.1, 0.15) is 37.7 Å². The zero-order valence-corrected chi connectivity index (χ0v) is 13.0. The highest BCUT2D eigenvalue weighted by Crippen LogP contribution is 2.25. The van der Waals surface area contributed by atoms with Crippen LogP contribution in [-0.4, -0.2) is 24.4 Å². The number of amides is 1. The molecule has 1 fully saturated rings. The predicted molar refractivity (Wildman–Crippen MR) is 86.0 cm³/mol. The van der Waals surface area contributed by atoms with E-state index in [1.165, 1.54) is 25.7 Å². The molecule has 0 bridgehead atoms. The molecule has 0 unspecified atom stereocenters. The molecule has 1 amide bonds. The number of nitrogen functional groups attached to an aromatic ring is 1. The van der Waals surface area contributed by atoms with Gasteiger partial charge in [-0.05, 0) is 36.8 Å². The molecule has 0 spiro atoms. The molecule has 2 rings (SSSR count). The summed E-state index contributed by atoms with van der Waals surface area (Å²) in [5, 5.41) is 0. The Kier molecular flexibility index (Phi) is 6.86. The molecule has 0 atom stereocenters. The molecule has 0 aromatic heterocycles. The van der Waals surface area contributed by atoms with Gasteiger partial charge in [-0.25, -0.2) is 0 Å². The van der Waals surface area contributed by atoms with Gasteiger partial charge < -0.3 is 10.6 Å². The summed E-state index contributed by atoms with van der Waals surface area (Å²) in [6.45, 7) is 0.920. The van der Waals surface area contributed by atoms with E-state index in [-0.39, 0.29) is 18.3 Å². The quantitative estimate of drug-likeness (QED) is 0.848. The third-order valence-corrected chi connectivity index (χ3v) is 4.10. The van der Waals surface area contributed by atoms with Gasteiger partial charge in [-0.2, -0.15) is 0 Å². The van der Waals surface area contributed by atoms with Crippen LogP contribution in [0.2, 0.25) is 0 Å². The van der Waals surface area contributed by atoms with E-state index in [4.69, 9.17) is 5.73 Å². The summed E-state index contributed by atoms with van der Waals surface area (Å²) < 4.78 is 0. The Morgan fingerprint density at radius 3 is 2.60 bits per heavy atom. The lowest BCUT2D eigenvalue weighted by molar-refractivity contribution is -0.130. The van der Waals surface area contributed by atoms with Gasteiger partial charge in [0, 0.05) is 25.7 Å². The molecule has 0 heterocycles. The first kappa shape index (κ1) is 16.8. The van der Waals surface area contributed by atoms with Gasteiger partial charge in [-0.3, -0.25) is 4.79 Å². The fourth-order valence-electron chi connectivity index (χ4n) is 2.88. The summed E-state index contributed by atoms with van der Waals surface area (Å²) in [6.07, 6.45) is 6.50. The van der Waals surface area contributed by atoms with Crippen LogP contribution in [0, 0.1) is 5.92 Å². The van der Waals surface area contributed by atoms with Crippen molar-refractivity contribution in [2.45, 2.75) is 38.5 Å². The van der Waals surface area contributed by atoms with Crippen molar-refractivity contribution in [3.8, 4) is 0 Å². The summed E-state index contributed by atoms with van der Waals surface area (Å²) in [5.41, 5.74) is 7.75. The van der Waals surface area contributed by atoms with E-state index in [1.807, 2.05) is 36.2 Å². The number of nitrogens with zero attached hydrogens (tertiary/aromatic N) is 1. The highest BCUT2D eigenvalue weighted by Gasteiger charge is 2.19. The molecular formula is C16H25ClN2O. The Morgan fingerprint density at radius 2 is 1.95 bits per heavy atom. The molecule has 2 N–H and O–H groups in total. The van der Waals surface area contributed by atoms with Crippen molar-refractivity contribution in [1.82, 2.24) is 4.90 Å². The van der Waals surface area contributed by atoms with Gasteiger partial charge >= 0.3 is 0 Å². The number of carbonyl (C=O) groups excluding carboxylic acids is 1. The Hall–Kier alpha value is -1.22. The highest BCUT2D eigenvalue weighted by atomic mass is 35.5. The molecule has 3 nitrogen and oxygen atoms in total. The van der Waals surface area contributed by atoms with Crippen LogP contribution in [0.5, 0.6) is 0 Å². The predicted octanol–water partition coefficient (Wildman–Crippen LogP) is 3.27. The van der Waals surface area contributed by atoms with Gasteiger partial charge in [0.2, 0.25) is 5.91 Å². The van der Waals surface area contributed by atoms with E-state index in [2.05, 4.69) is 0 Å². The summed E-state index contributed by atoms with van der Waals surface area (Å²) in [6, 6.07) is 7.78. The van der Waals surface area contributed by atoms with E-state index in [9.17, 15) is 4.79 Å². The normalized spacial score (nSPS) is 14.8. The first-order valence-corrected chi connectivity index (χ1v) is 7.24. The number of hydrogen-bond acceptors (Lipinski definition) is 2. The Morgan fingerprint density at radius 1 is 1.30 bits per heavy atom. The number of anilines is 1. The SMILES string of the molecule is CN(CC1CCCC1)C(=O)CCc1ccccc1N.Cl. The maximum absolute atomic E-state index is 12.1. The fourth-order valence-corrected chi connectivity index (χ4v) is 2.88. The molecular weight excluding hydrogens is 272 g/mol. The fraction of sp³-hybridized carbons (Fsp3) is 0.562. The lowest BCUT2D eigenvalue weighted by Crippen LogP contribution is -2.31. The first-order valence-electron chi connectivity index (χ1n) is 7.24. The molecule has 1 aliphatic rings. The molecule has 1 aliphatic carbocycles. The third kappa shape index (κ3) is 4.71. The van der Waals surface area contributed by atoms with Crippen LogP contribution in [0.3, 0.4) is 0 Å². The summed E-state index contributed by atoms with van der Waals surface area (Å²) >= 11 is 0. The van der Waals surface area contributed by atoms with Crippen molar-refractivity contribution < 1.29 is 4.79 Å². The van der Waals surface area contributed by atoms with E-state index in [1.54, 1.807) is 0 Å². The number of benzene rings is 1. The van der Waals surface area contributed by atoms with Gasteiger partial charge in [0.15, 0.2) is 0 Å². The molecule has 20 heavy (non-hydrogen) atoms. The van der Waals surface area contributed by atoms with E-state index < -0.39 is 0 Å². The second-order valence-corrected chi connectivity index (χ2v) is 5.62. The lowest BCUT2D eigenvalue weighted by atomic mass is 10.1. The van der Waals surface area contributed by atoms with Crippen molar-refractivity contribution in [3.05, 3.63) is 29.8 Å². The van der Waals surface area contributed by atoms with Crippen molar-refractivity contribution in [3.63, 3.8) is 0 Å².